The van der Waals surface area contributed by atoms with Gasteiger partial charge in [0.1, 0.15) is 0 Å². The Kier molecular flexibility index (Phi) is 5.52. The molecule has 1 unspecified atom stereocenters. The van der Waals surface area contributed by atoms with Crippen molar-refractivity contribution in [1.82, 2.24) is 10.3 Å². The average molecular weight is 357 g/mol. The van der Waals surface area contributed by atoms with E-state index in [4.69, 9.17) is 0 Å². The summed E-state index contributed by atoms with van der Waals surface area (Å²) in [6.07, 6.45) is 3.93. The molecule has 0 aliphatic carbocycles. The summed E-state index contributed by atoms with van der Waals surface area (Å²) in [6, 6.07) is 1.69. The molecular weight excluding hydrogens is 336 g/mol. The van der Waals surface area contributed by atoms with Crippen LogP contribution in [0.15, 0.2) is 16.7 Å². The molecule has 21 heavy (non-hydrogen) atoms. The van der Waals surface area contributed by atoms with Crippen LogP contribution in [0, 0.1) is 16.0 Å². The lowest BCUT2D eigenvalue weighted by Gasteiger charge is -2.33. The van der Waals surface area contributed by atoms with Crippen LogP contribution in [0.25, 0.3) is 0 Å². The van der Waals surface area contributed by atoms with E-state index in [2.05, 4.69) is 26.2 Å². The van der Waals surface area contributed by atoms with Gasteiger partial charge in [-0.1, -0.05) is 0 Å². The van der Waals surface area contributed by atoms with E-state index in [0.717, 1.165) is 32.5 Å². The predicted molar refractivity (Wildman–Crippen MR) is 86.7 cm³/mol. The molecule has 1 N–H and O–H groups in total. The molecule has 7 heteroatoms. The normalized spacial score (nSPS) is 18.8. The summed E-state index contributed by atoms with van der Waals surface area (Å²) < 4.78 is 0.626. The van der Waals surface area contributed by atoms with Crippen molar-refractivity contribution < 1.29 is 4.92 Å². The van der Waals surface area contributed by atoms with Crippen molar-refractivity contribution in [2.24, 2.45) is 5.92 Å². The molecule has 1 atom stereocenters. The monoisotopic (exact) mass is 356 g/mol. The molecule has 1 aliphatic heterocycles. The third kappa shape index (κ3) is 4.14. The van der Waals surface area contributed by atoms with Crippen LogP contribution >= 0.6 is 15.9 Å². The smallest absolute Gasteiger partial charge is 0.312 e. The molecule has 1 aliphatic rings. The average Bonchev–Trinajstić information content (AvgIpc) is 2.46. The van der Waals surface area contributed by atoms with Gasteiger partial charge >= 0.3 is 5.69 Å². The minimum absolute atomic E-state index is 0.0573. The van der Waals surface area contributed by atoms with Crippen LogP contribution in [-0.2, 0) is 0 Å². The highest BCUT2D eigenvalue weighted by Gasteiger charge is 2.26. The van der Waals surface area contributed by atoms with Crippen molar-refractivity contribution in [3.63, 3.8) is 0 Å². The number of nitro groups is 1. The lowest BCUT2D eigenvalue weighted by molar-refractivity contribution is -0.384. The molecule has 1 saturated heterocycles. The number of piperidine rings is 1. The summed E-state index contributed by atoms with van der Waals surface area (Å²) >= 11 is 3.25. The second kappa shape index (κ2) is 7.17. The van der Waals surface area contributed by atoms with Gasteiger partial charge in [-0.05, 0) is 61.6 Å². The molecule has 0 amide bonds. The molecule has 1 aromatic rings. The molecule has 1 aromatic heterocycles. The third-order valence-corrected chi connectivity index (χ3v) is 4.19. The highest BCUT2D eigenvalue weighted by Crippen LogP contribution is 2.31. The Labute approximate surface area is 133 Å². The summed E-state index contributed by atoms with van der Waals surface area (Å²) in [7, 11) is 0. The Balaban J connectivity index is 2.27. The Morgan fingerprint density at radius 3 is 2.95 bits per heavy atom. The van der Waals surface area contributed by atoms with E-state index in [-0.39, 0.29) is 16.7 Å². The highest BCUT2D eigenvalue weighted by molar-refractivity contribution is 9.10. The zero-order chi connectivity index (χ0) is 15.4. The Morgan fingerprint density at radius 2 is 2.38 bits per heavy atom. The standard InChI is InChI=1S/C14H21BrN4O2/c1-10(2)18(9-11-4-3-5-16-7-11)14-13(19(20)21)6-12(15)8-17-14/h6,8,10-11,16H,3-5,7,9H2,1-2H3. The van der Waals surface area contributed by atoms with Crippen LogP contribution in [0.3, 0.4) is 0 Å². The number of rotatable bonds is 5. The molecule has 0 bridgehead atoms. The number of nitrogens with zero attached hydrogens (tertiary/aromatic N) is 3. The second-order valence-electron chi connectivity index (χ2n) is 5.71. The highest BCUT2D eigenvalue weighted by atomic mass is 79.9. The molecule has 1 fully saturated rings. The van der Waals surface area contributed by atoms with Crippen molar-refractivity contribution in [2.45, 2.75) is 32.7 Å². The van der Waals surface area contributed by atoms with Gasteiger partial charge in [0.15, 0.2) is 0 Å². The number of aromatic nitrogens is 1. The maximum Gasteiger partial charge on any atom is 0.312 e. The molecule has 0 aromatic carbocycles. The fourth-order valence-corrected chi connectivity index (χ4v) is 3.00. The number of hydrogen-bond acceptors (Lipinski definition) is 5. The van der Waals surface area contributed by atoms with E-state index in [1.807, 2.05) is 18.7 Å². The lowest BCUT2D eigenvalue weighted by Crippen LogP contribution is -2.41. The number of hydrogen-bond donors (Lipinski definition) is 1. The van der Waals surface area contributed by atoms with E-state index in [0.29, 0.717) is 16.2 Å². The quantitative estimate of drug-likeness (QED) is 0.648. The van der Waals surface area contributed by atoms with Crippen LogP contribution in [0.4, 0.5) is 11.5 Å². The SMILES string of the molecule is CC(C)N(CC1CCCNC1)c1ncc(Br)cc1[N+](=O)[O-]. The van der Waals surface area contributed by atoms with Crippen LogP contribution in [0.5, 0.6) is 0 Å². The van der Waals surface area contributed by atoms with E-state index in [1.54, 1.807) is 6.20 Å². The fraction of sp³-hybridized carbons (Fsp3) is 0.643. The number of halogens is 1. The Hall–Kier alpha value is -1.21. The first-order chi connectivity index (χ1) is 9.99. The number of pyridine rings is 1. The topological polar surface area (TPSA) is 71.3 Å². The summed E-state index contributed by atoms with van der Waals surface area (Å²) in [5.74, 6) is 0.968. The van der Waals surface area contributed by atoms with Crippen LogP contribution in [-0.4, -0.2) is 35.6 Å². The minimum atomic E-state index is -0.360. The van der Waals surface area contributed by atoms with Crippen molar-refractivity contribution in [1.29, 1.82) is 0 Å². The third-order valence-electron chi connectivity index (χ3n) is 3.76. The first-order valence-electron chi connectivity index (χ1n) is 7.26. The molecule has 0 radical (unpaired) electrons. The zero-order valence-electron chi connectivity index (χ0n) is 12.4. The van der Waals surface area contributed by atoms with Gasteiger partial charge < -0.3 is 10.2 Å². The summed E-state index contributed by atoms with van der Waals surface area (Å²) in [6.45, 7) is 6.91. The van der Waals surface area contributed by atoms with Gasteiger partial charge in [0.25, 0.3) is 0 Å². The van der Waals surface area contributed by atoms with Gasteiger partial charge in [0.2, 0.25) is 5.82 Å². The molecule has 2 heterocycles. The van der Waals surface area contributed by atoms with Gasteiger partial charge in [-0.3, -0.25) is 10.1 Å². The summed E-state index contributed by atoms with van der Waals surface area (Å²) in [5.41, 5.74) is 0.0573. The molecule has 0 saturated carbocycles. The van der Waals surface area contributed by atoms with Crippen molar-refractivity contribution in [3.8, 4) is 0 Å². The zero-order valence-corrected chi connectivity index (χ0v) is 14.0. The minimum Gasteiger partial charge on any atom is -0.348 e. The molecule has 2 rings (SSSR count). The largest absolute Gasteiger partial charge is 0.348 e. The van der Waals surface area contributed by atoms with Crippen LogP contribution in [0.2, 0.25) is 0 Å². The van der Waals surface area contributed by atoms with Crippen LogP contribution in [0.1, 0.15) is 26.7 Å². The molecule has 6 nitrogen and oxygen atoms in total. The van der Waals surface area contributed by atoms with Crippen LogP contribution < -0.4 is 10.2 Å². The van der Waals surface area contributed by atoms with E-state index < -0.39 is 0 Å². The predicted octanol–water partition coefficient (Wildman–Crippen LogP) is 2.97. The van der Waals surface area contributed by atoms with Gasteiger partial charge in [-0.25, -0.2) is 4.98 Å². The van der Waals surface area contributed by atoms with E-state index in [1.165, 1.54) is 6.07 Å². The van der Waals surface area contributed by atoms with E-state index in [9.17, 15) is 10.1 Å². The van der Waals surface area contributed by atoms with Gasteiger partial charge in [-0.2, -0.15) is 0 Å². The fourth-order valence-electron chi connectivity index (χ4n) is 2.68. The maximum atomic E-state index is 11.3. The van der Waals surface area contributed by atoms with Gasteiger partial charge in [0.05, 0.1) is 4.92 Å². The van der Waals surface area contributed by atoms with Crippen molar-refractivity contribution >= 4 is 27.4 Å². The maximum absolute atomic E-state index is 11.3. The van der Waals surface area contributed by atoms with E-state index >= 15 is 0 Å². The summed E-state index contributed by atoms with van der Waals surface area (Å²) in [5, 5.41) is 14.7. The molecule has 116 valence electrons. The number of nitrogens with one attached hydrogen (secondary N) is 1. The second-order valence-corrected chi connectivity index (χ2v) is 6.63. The molecular formula is C14H21BrN4O2. The van der Waals surface area contributed by atoms with Gasteiger partial charge in [-0.15, -0.1) is 0 Å². The summed E-state index contributed by atoms with van der Waals surface area (Å²) in [4.78, 5) is 17.3. The van der Waals surface area contributed by atoms with Crippen molar-refractivity contribution in [3.05, 3.63) is 26.9 Å². The first kappa shape index (κ1) is 16.2. The Bertz CT molecular complexity index is 504. The first-order valence-corrected chi connectivity index (χ1v) is 8.05. The number of anilines is 1. The lowest BCUT2D eigenvalue weighted by atomic mass is 9.98. The Morgan fingerprint density at radius 1 is 1.62 bits per heavy atom. The van der Waals surface area contributed by atoms with Gasteiger partial charge in [0, 0.05) is 29.3 Å². The molecule has 0 spiro atoms. The van der Waals surface area contributed by atoms with Crippen molar-refractivity contribution in [2.75, 3.05) is 24.5 Å².